The summed E-state index contributed by atoms with van der Waals surface area (Å²) in [4.78, 5) is 26.9. The largest absolute Gasteiger partial charge is 0.342 e. The average molecular weight is 345 g/mol. The number of hydrogen-bond donors (Lipinski definition) is 0. The van der Waals surface area contributed by atoms with Crippen LogP contribution in [-0.4, -0.2) is 53.7 Å². The molecule has 2 fully saturated rings. The second kappa shape index (κ2) is 6.43. The monoisotopic (exact) mass is 344 g/mol. The van der Waals surface area contributed by atoms with Crippen LogP contribution in [0.5, 0.6) is 0 Å². The maximum absolute atomic E-state index is 14.3. The summed E-state index contributed by atoms with van der Waals surface area (Å²) in [6, 6.07) is 8.69. The maximum atomic E-state index is 14.3. The molecular formula is C16H19ClF2N2O2. The first kappa shape index (κ1) is 17.7. The van der Waals surface area contributed by atoms with E-state index >= 15 is 0 Å². The van der Waals surface area contributed by atoms with Crippen molar-refractivity contribution in [3.8, 4) is 0 Å². The molecule has 0 saturated carbocycles. The predicted molar refractivity (Wildman–Crippen MR) is 83.8 cm³/mol. The number of halogens is 3. The number of alkyl halides is 2. The SMILES string of the molecule is CC(=O)N1CC2CN(C(=O)c3ccccc3)CC(C1)C2(F)F.Cl. The fourth-order valence-electron chi connectivity index (χ4n) is 3.34. The molecule has 0 N–H and O–H groups in total. The van der Waals surface area contributed by atoms with Crippen molar-refractivity contribution in [1.82, 2.24) is 9.80 Å². The van der Waals surface area contributed by atoms with Crippen LogP contribution in [0.2, 0.25) is 0 Å². The number of carbonyl (C=O) groups excluding carboxylic acids is 2. The van der Waals surface area contributed by atoms with Crippen molar-refractivity contribution < 1.29 is 18.4 Å². The van der Waals surface area contributed by atoms with Crippen LogP contribution in [0.1, 0.15) is 17.3 Å². The third-order valence-corrected chi connectivity index (χ3v) is 4.60. The quantitative estimate of drug-likeness (QED) is 0.784. The molecule has 23 heavy (non-hydrogen) atoms. The molecule has 1 aromatic carbocycles. The highest BCUT2D eigenvalue weighted by atomic mass is 35.5. The van der Waals surface area contributed by atoms with Crippen LogP contribution in [0.3, 0.4) is 0 Å². The molecule has 2 unspecified atom stereocenters. The highest BCUT2D eigenvalue weighted by molar-refractivity contribution is 5.94. The number of hydrogen-bond acceptors (Lipinski definition) is 2. The minimum Gasteiger partial charge on any atom is -0.342 e. The zero-order valence-corrected chi connectivity index (χ0v) is 13.6. The lowest BCUT2D eigenvalue weighted by atomic mass is 9.80. The van der Waals surface area contributed by atoms with Gasteiger partial charge in [0.05, 0.1) is 11.8 Å². The Kier molecular flexibility index (Phi) is 4.94. The molecule has 0 radical (unpaired) electrons. The van der Waals surface area contributed by atoms with Gasteiger partial charge in [-0.15, -0.1) is 12.4 Å². The zero-order chi connectivity index (χ0) is 15.9. The fraction of sp³-hybridized carbons (Fsp3) is 0.500. The van der Waals surface area contributed by atoms with Gasteiger partial charge in [0.15, 0.2) is 0 Å². The molecule has 0 aliphatic carbocycles. The smallest absolute Gasteiger partial charge is 0.260 e. The van der Waals surface area contributed by atoms with E-state index in [9.17, 15) is 18.4 Å². The molecule has 1 aromatic rings. The molecule has 2 atom stereocenters. The summed E-state index contributed by atoms with van der Waals surface area (Å²) < 4.78 is 28.6. The lowest BCUT2D eigenvalue weighted by Gasteiger charge is -2.50. The molecule has 2 bridgehead atoms. The second-order valence-corrected chi connectivity index (χ2v) is 6.07. The first-order valence-corrected chi connectivity index (χ1v) is 7.37. The third kappa shape index (κ3) is 3.17. The zero-order valence-electron chi connectivity index (χ0n) is 12.7. The predicted octanol–water partition coefficient (Wildman–Crippen LogP) is 2.29. The Morgan fingerprint density at radius 1 is 1.00 bits per heavy atom. The lowest BCUT2D eigenvalue weighted by Crippen LogP contribution is -2.64. The van der Waals surface area contributed by atoms with Gasteiger partial charge in [-0.05, 0) is 12.1 Å². The number of nitrogens with zero attached hydrogens (tertiary/aromatic N) is 2. The van der Waals surface area contributed by atoms with Crippen molar-refractivity contribution >= 4 is 24.2 Å². The molecule has 7 heteroatoms. The van der Waals surface area contributed by atoms with E-state index in [4.69, 9.17) is 0 Å². The van der Waals surface area contributed by atoms with Crippen molar-refractivity contribution in [2.24, 2.45) is 11.8 Å². The molecule has 2 amide bonds. The normalized spacial score (nSPS) is 25.5. The summed E-state index contributed by atoms with van der Waals surface area (Å²) in [7, 11) is 0. The minimum absolute atomic E-state index is 0. The van der Waals surface area contributed by atoms with E-state index in [1.807, 2.05) is 0 Å². The van der Waals surface area contributed by atoms with Gasteiger partial charge in [-0.1, -0.05) is 18.2 Å². The number of benzene rings is 1. The molecule has 3 rings (SSSR count). The summed E-state index contributed by atoms with van der Waals surface area (Å²) in [5.74, 6) is -5.21. The maximum Gasteiger partial charge on any atom is 0.260 e. The summed E-state index contributed by atoms with van der Waals surface area (Å²) >= 11 is 0. The van der Waals surface area contributed by atoms with E-state index in [0.717, 1.165) is 0 Å². The van der Waals surface area contributed by atoms with Gasteiger partial charge < -0.3 is 9.80 Å². The van der Waals surface area contributed by atoms with E-state index in [1.54, 1.807) is 30.3 Å². The number of likely N-dealkylation sites (tertiary alicyclic amines) is 2. The van der Waals surface area contributed by atoms with E-state index in [0.29, 0.717) is 5.56 Å². The van der Waals surface area contributed by atoms with Gasteiger partial charge in [-0.2, -0.15) is 0 Å². The van der Waals surface area contributed by atoms with Crippen LogP contribution in [-0.2, 0) is 4.79 Å². The average Bonchev–Trinajstić information content (AvgIpc) is 2.46. The minimum atomic E-state index is -2.82. The first-order valence-electron chi connectivity index (χ1n) is 7.37. The Labute approximate surface area is 139 Å². The van der Waals surface area contributed by atoms with Crippen molar-refractivity contribution in [1.29, 1.82) is 0 Å². The van der Waals surface area contributed by atoms with Crippen molar-refractivity contribution in [3.63, 3.8) is 0 Å². The highest BCUT2D eigenvalue weighted by Crippen LogP contribution is 2.42. The number of fused-ring (bicyclic) bond motifs is 2. The van der Waals surface area contributed by atoms with Gasteiger partial charge in [0, 0.05) is 38.7 Å². The number of piperidine rings is 2. The van der Waals surface area contributed by atoms with Gasteiger partial charge >= 0.3 is 0 Å². The summed E-state index contributed by atoms with van der Waals surface area (Å²) in [6.45, 7) is 1.39. The Balaban J connectivity index is 0.00000192. The van der Waals surface area contributed by atoms with Crippen molar-refractivity contribution in [2.75, 3.05) is 26.2 Å². The van der Waals surface area contributed by atoms with E-state index in [2.05, 4.69) is 0 Å². The van der Waals surface area contributed by atoms with Crippen LogP contribution >= 0.6 is 12.4 Å². The molecular weight excluding hydrogens is 326 g/mol. The van der Waals surface area contributed by atoms with E-state index < -0.39 is 17.8 Å². The molecule has 2 aliphatic heterocycles. The van der Waals surface area contributed by atoms with Gasteiger partial charge in [0.2, 0.25) is 5.91 Å². The summed E-state index contributed by atoms with van der Waals surface area (Å²) in [6.07, 6.45) is 0. The molecule has 0 aromatic heterocycles. The summed E-state index contributed by atoms with van der Waals surface area (Å²) in [5, 5.41) is 0. The van der Waals surface area contributed by atoms with E-state index in [-0.39, 0.29) is 50.4 Å². The topological polar surface area (TPSA) is 40.6 Å². The molecule has 2 saturated heterocycles. The second-order valence-electron chi connectivity index (χ2n) is 6.07. The summed E-state index contributed by atoms with van der Waals surface area (Å²) in [5.41, 5.74) is 0.509. The Bertz CT molecular complexity index is 579. The van der Waals surface area contributed by atoms with Crippen LogP contribution in [0.4, 0.5) is 8.78 Å². The standard InChI is InChI=1S/C16H18F2N2O2.ClH/c1-11(21)19-7-13-9-20(10-14(8-19)16(13,17)18)15(22)12-5-3-2-4-6-12;/h2-6,13-14H,7-10H2,1H3;1H. The Morgan fingerprint density at radius 2 is 1.48 bits per heavy atom. The van der Waals surface area contributed by atoms with Gasteiger partial charge in [0.1, 0.15) is 0 Å². The molecule has 2 aliphatic rings. The van der Waals surface area contributed by atoms with Gasteiger partial charge in [0.25, 0.3) is 11.8 Å². The van der Waals surface area contributed by atoms with Crippen LogP contribution in [0, 0.1) is 11.8 Å². The lowest BCUT2D eigenvalue weighted by molar-refractivity contribution is -0.184. The van der Waals surface area contributed by atoms with Crippen molar-refractivity contribution in [2.45, 2.75) is 12.8 Å². The number of carbonyl (C=O) groups is 2. The van der Waals surface area contributed by atoms with Crippen LogP contribution < -0.4 is 0 Å². The highest BCUT2D eigenvalue weighted by Gasteiger charge is 2.56. The third-order valence-electron chi connectivity index (χ3n) is 4.60. The number of amides is 2. The van der Waals surface area contributed by atoms with Gasteiger partial charge in [-0.3, -0.25) is 9.59 Å². The van der Waals surface area contributed by atoms with Crippen LogP contribution in [0.15, 0.2) is 30.3 Å². The van der Waals surface area contributed by atoms with Crippen LogP contribution in [0.25, 0.3) is 0 Å². The molecule has 126 valence electrons. The fourth-order valence-corrected chi connectivity index (χ4v) is 3.34. The molecule has 4 nitrogen and oxygen atoms in total. The number of rotatable bonds is 1. The molecule has 0 spiro atoms. The molecule has 2 heterocycles. The first-order chi connectivity index (χ1) is 10.4. The Morgan fingerprint density at radius 3 is 1.96 bits per heavy atom. The van der Waals surface area contributed by atoms with E-state index in [1.165, 1.54) is 16.7 Å². The van der Waals surface area contributed by atoms with Gasteiger partial charge in [-0.25, -0.2) is 8.78 Å². The van der Waals surface area contributed by atoms with Crippen molar-refractivity contribution in [3.05, 3.63) is 35.9 Å². The Hall–Kier alpha value is -1.69.